The third-order valence-corrected chi connectivity index (χ3v) is 9.51. The zero-order valence-electron chi connectivity index (χ0n) is 19.7. The van der Waals surface area contributed by atoms with Crippen LogP contribution < -0.4 is 4.90 Å². The molecule has 0 bridgehead atoms. The molecule has 1 saturated heterocycles. The maximum absolute atomic E-state index is 13.9. The Balaban J connectivity index is 1.45. The molecule has 3 heterocycles. The number of pyridine rings is 1. The standard InChI is InChI=1S/C26H25ClN4O3S2/c1-18-6-4-9-23-24(18)29-26(35-23)31(17-21-8-2-3-14-28-21)25(32)19-7-5-15-30(16-19)36(33,34)22-12-10-20(27)11-13-22/h2-4,6,8-14,19H,5,7,15-17H2,1H3. The fourth-order valence-corrected chi connectivity index (χ4v) is 7.12. The van der Waals surface area contributed by atoms with E-state index < -0.39 is 15.9 Å². The van der Waals surface area contributed by atoms with Crippen molar-refractivity contribution in [2.24, 2.45) is 5.92 Å². The van der Waals surface area contributed by atoms with E-state index in [0.717, 1.165) is 21.5 Å². The predicted molar refractivity (Wildman–Crippen MR) is 143 cm³/mol. The van der Waals surface area contributed by atoms with Gasteiger partial charge >= 0.3 is 0 Å². The molecular formula is C26H25ClN4O3S2. The lowest BCUT2D eigenvalue weighted by Crippen LogP contribution is -2.46. The number of carbonyl (C=O) groups excluding carboxylic acids is 1. The Morgan fingerprint density at radius 1 is 1.14 bits per heavy atom. The highest BCUT2D eigenvalue weighted by molar-refractivity contribution is 7.89. The van der Waals surface area contributed by atoms with Gasteiger partial charge < -0.3 is 0 Å². The fourth-order valence-electron chi connectivity index (χ4n) is 4.42. The highest BCUT2D eigenvalue weighted by atomic mass is 35.5. The van der Waals surface area contributed by atoms with Crippen molar-refractivity contribution in [3.63, 3.8) is 0 Å². The van der Waals surface area contributed by atoms with Crippen LogP contribution in [-0.2, 0) is 21.4 Å². The molecule has 1 fully saturated rings. The van der Waals surface area contributed by atoms with Crippen molar-refractivity contribution in [3.8, 4) is 0 Å². The summed E-state index contributed by atoms with van der Waals surface area (Å²) in [5, 5.41) is 1.06. The second-order valence-electron chi connectivity index (χ2n) is 8.82. The number of nitrogens with zero attached hydrogens (tertiary/aromatic N) is 4. The van der Waals surface area contributed by atoms with Crippen molar-refractivity contribution >= 4 is 54.2 Å². The molecule has 36 heavy (non-hydrogen) atoms. The third kappa shape index (κ3) is 5.01. The van der Waals surface area contributed by atoms with Gasteiger partial charge in [0.05, 0.1) is 33.3 Å². The highest BCUT2D eigenvalue weighted by Crippen LogP contribution is 2.34. The van der Waals surface area contributed by atoms with Crippen molar-refractivity contribution in [3.05, 3.63) is 83.1 Å². The lowest BCUT2D eigenvalue weighted by Gasteiger charge is -2.33. The Morgan fingerprint density at radius 2 is 1.94 bits per heavy atom. The number of carbonyl (C=O) groups is 1. The summed E-state index contributed by atoms with van der Waals surface area (Å²) < 4.78 is 29.0. The number of aromatic nitrogens is 2. The summed E-state index contributed by atoms with van der Waals surface area (Å²) in [5.41, 5.74) is 2.65. The number of hydrogen-bond acceptors (Lipinski definition) is 6. The predicted octanol–water partition coefficient (Wildman–Crippen LogP) is 5.29. The van der Waals surface area contributed by atoms with Crippen LogP contribution in [0.1, 0.15) is 24.1 Å². The minimum Gasteiger partial charge on any atom is -0.282 e. The average Bonchev–Trinajstić information content (AvgIpc) is 3.33. The number of anilines is 1. The molecule has 1 amide bonds. The first-order chi connectivity index (χ1) is 17.3. The molecule has 1 unspecified atom stereocenters. The molecule has 0 aliphatic carbocycles. The van der Waals surface area contributed by atoms with Crippen LogP contribution in [0.2, 0.25) is 5.02 Å². The molecule has 1 aliphatic rings. The van der Waals surface area contributed by atoms with Crippen LogP contribution in [0.5, 0.6) is 0 Å². The van der Waals surface area contributed by atoms with E-state index in [2.05, 4.69) is 4.98 Å². The van der Waals surface area contributed by atoms with Crippen LogP contribution >= 0.6 is 22.9 Å². The van der Waals surface area contributed by atoms with Gasteiger partial charge in [0.1, 0.15) is 0 Å². The van der Waals surface area contributed by atoms with E-state index in [1.807, 2.05) is 43.3 Å². The summed E-state index contributed by atoms with van der Waals surface area (Å²) in [6.07, 6.45) is 2.90. The quantitative estimate of drug-likeness (QED) is 0.332. The minimum atomic E-state index is -3.74. The maximum atomic E-state index is 13.9. The maximum Gasteiger partial charge on any atom is 0.243 e. The van der Waals surface area contributed by atoms with E-state index in [4.69, 9.17) is 16.6 Å². The Morgan fingerprint density at radius 3 is 2.67 bits per heavy atom. The molecule has 0 radical (unpaired) electrons. The molecule has 1 atom stereocenters. The monoisotopic (exact) mass is 540 g/mol. The van der Waals surface area contributed by atoms with Gasteiger partial charge in [-0.25, -0.2) is 13.4 Å². The smallest absolute Gasteiger partial charge is 0.243 e. The average molecular weight is 541 g/mol. The summed E-state index contributed by atoms with van der Waals surface area (Å²) in [6.45, 7) is 2.75. The second-order valence-corrected chi connectivity index (χ2v) is 12.2. The number of halogens is 1. The van der Waals surface area contributed by atoms with Crippen LogP contribution in [0.3, 0.4) is 0 Å². The molecule has 0 saturated carbocycles. The van der Waals surface area contributed by atoms with Crippen molar-refractivity contribution in [2.45, 2.75) is 31.2 Å². The van der Waals surface area contributed by atoms with E-state index >= 15 is 0 Å². The van der Waals surface area contributed by atoms with Gasteiger partial charge in [0.25, 0.3) is 0 Å². The normalized spacial score (nSPS) is 16.8. The lowest BCUT2D eigenvalue weighted by atomic mass is 9.98. The van der Waals surface area contributed by atoms with Gasteiger partial charge in [-0.2, -0.15) is 4.31 Å². The molecular weight excluding hydrogens is 516 g/mol. The van der Waals surface area contributed by atoms with Gasteiger partial charge in [0.15, 0.2) is 5.13 Å². The van der Waals surface area contributed by atoms with Crippen LogP contribution in [0.15, 0.2) is 71.8 Å². The zero-order valence-corrected chi connectivity index (χ0v) is 22.1. The van der Waals surface area contributed by atoms with Gasteiger partial charge in [-0.15, -0.1) is 0 Å². The molecule has 186 valence electrons. The van der Waals surface area contributed by atoms with Crippen LogP contribution in [0.4, 0.5) is 5.13 Å². The number of para-hydroxylation sites is 1. The Kier molecular flexibility index (Phi) is 7.07. The number of sulfonamides is 1. The van der Waals surface area contributed by atoms with Crippen molar-refractivity contribution < 1.29 is 13.2 Å². The number of thiazole rings is 1. The van der Waals surface area contributed by atoms with Gasteiger partial charge in [0, 0.05) is 24.3 Å². The second kappa shape index (κ2) is 10.3. The molecule has 2 aromatic carbocycles. The molecule has 10 heteroatoms. The first-order valence-corrected chi connectivity index (χ1v) is 14.3. The fraction of sp³-hybridized carbons (Fsp3) is 0.269. The van der Waals surface area contributed by atoms with Gasteiger partial charge in [-0.1, -0.05) is 41.1 Å². The summed E-state index contributed by atoms with van der Waals surface area (Å²) in [4.78, 5) is 25.0. The van der Waals surface area contributed by atoms with E-state index in [1.165, 1.54) is 27.8 Å². The van der Waals surface area contributed by atoms with Gasteiger partial charge in [-0.3, -0.25) is 14.7 Å². The first-order valence-electron chi connectivity index (χ1n) is 11.7. The summed E-state index contributed by atoms with van der Waals surface area (Å²) in [6, 6.07) is 17.7. The van der Waals surface area contributed by atoms with Gasteiger partial charge in [-0.05, 0) is 67.8 Å². The number of amides is 1. The number of aryl methyl sites for hydroxylation is 1. The number of benzene rings is 2. The van der Waals surface area contributed by atoms with Crippen LogP contribution in [0.25, 0.3) is 10.2 Å². The number of piperidine rings is 1. The van der Waals surface area contributed by atoms with Crippen LogP contribution in [0, 0.1) is 12.8 Å². The third-order valence-electron chi connectivity index (χ3n) is 6.34. The lowest BCUT2D eigenvalue weighted by molar-refractivity contribution is -0.123. The Labute approximate surface area is 219 Å². The van der Waals surface area contributed by atoms with Crippen molar-refractivity contribution in [1.82, 2.24) is 14.3 Å². The number of fused-ring (bicyclic) bond motifs is 1. The first kappa shape index (κ1) is 24.8. The van der Waals surface area contributed by atoms with E-state index in [0.29, 0.717) is 29.5 Å². The topological polar surface area (TPSA) is 83.5 Å². The Hall–Kier alpha value is -2.85. The molecule has 4 aromatic rings. The number of rotatable bonds is 6. The minimum absolute atomic E-state index is 0.117. The summed E-state index contributed by atoms with van der Waals surface area (Å²) in [7, 11) is -3.74. The molecule has 1 aliphatic heterocycles. The van der Waals surface area contributed by atoms with Gasteiger partial charge in [0.2, 0.25) is 15.9 Å². The molecule has 2 aromatic heterocycles. The molecule has 5 rings (SSSR count). The van der Waals surface area contributed by atoms with E-state index in [9.17, 15) is 13.2 Å². The Bertz CT molecular complexity index is 1490. The van der Waals surface area contributed by atoms with E-state index in [-0.39, 0.29) is 23.9 Å². The van der Waals surface area contributed by atoms with Crippen LogP contribution in [-0.4, -0.2) is 41.7 Å². The molecule has 0 N–H and O–H groups in total. The SMILES string of the molecule is Cc1cccc2sc(N(Cc3ccccn3)C(=O)C3CCCN(S(=O)(=O)c4ccc(Cl)cc4)C3)nc12. The zero-order chi connectivity index (χ0) is 25.3. The van der Waals surface area contributed by atoms with Crippen molar-refractivity contribution in [2.75, 3.05) is 18.0 Å². The number of hydrogen-bond donors (Lipinski definition) is 0. The summed E-state index contributed by atoms with van der Waals surface area (Å²) in [5.74, 6) is -0.633. The van der Waals surface area contributed by atoms with Crippen molar-refractivity contribution in [1.29, 1.82) is 0 Å². The summed E-state index contributed by atoms with van der Waals surface area (Å²) >= 11 is 7.40. The largest absolute Gasteiger partial charge is 0.282 e. The highest BCUT2D eigenvalue weighted by Gasteiger charge is 2.36. The van der Waals surface area contributed by atoms with E-state index in [1.54, 1.807) is 23.2 Å². The molecule has 7 nitrogen and oxygen atoms in total. The molecule has 0 spiro atoms.